The molecule has 0 fully saturated rings. The summed E-state index contributed by atoms with van der Waals surface area (Å²) in [7, 11) is 1.82. The standard InChI is InChI=1S/C11H12N4O2/c1-7-8(11(16)17)3-4-9(12-7)13-10-5-6-15(2)14-10/h3-6H,1-2H3,(H,16,17)(H,12,13,14). The number of aryl methyl sites for hydroxylation is 2. The number of hydrogen-bond donors (Lipinski definition) is 2. The number of aromatic nitrogens is 3. The number of carboxylic acid groups (broad SMARTS) is 1. The summed E-state index contributed by atoms with van der Waals surface area (Å²) in [6.45, 7) is 1.66. The first-order valence-corrected chi connectivity index (χ1v) is 5.04. The van der Waals surface area contributed by atoms with Gasteiger partial charge in [0, 0.05) is 19.3 Å². The predicted octanol–water partition coefficient (Wildman–Crippen LogP) is 1.57. The average Bonchev–Trinajstić information content (AvgIpc) is 2.63. The van der Waals surface area contributed by atoms with E-state index in [1.54, 1.807) is 23.9 Å². The number of anilines is 2. The predicted molar refractivity (Wildman–Crippen MR) is 62.4 cm³/mol. The third-order valence-electron chi connectivity index (χ3n) is 2.29. The van der Waals surface area contributed by atoms with E-state index in [2.05, 4.69) is 15.4 Å². The van der Waals surface area contributed by atoms with Crippen LogP contribution in [-0.4, -0.2) is 25.8 Å². The van der Waals surface area contributed by atoms with Crippen LogP contribution in [0.2, 0.25) is 0 Å². The van der Waals surface area contributed by atoms with Gasteiger partial charge >= 0.3 is 5.97 Å². The molecule has 0 atom stereocenters. The van der Waals surface area contributed by atoms with Crippen LogP contribution in [0.4, 0.5) is 11.6 Å². The number of nitrogens with zero attached hydrogens (tertiary/aromatic N) is 3. The van der Waals surface area contributed by atoms with Gasteiger partial charge in [-0.05, 0) is 19.1 Å². The Morgan fingerprint density at radius 1 is 1.35 bits per heavy atom. The molecule has 0 radical (unpaired) electrons. The second-order valence-corrected chi connectivity index (χ2v) is 3.63. The molecule has 0 aliphatic rings. The van der Waals surface area contributed by atoms with Crippen LogP contribution in [0, 0.1) is 6.92 Å². The summed E-state index contributed by atoms with van der Waals surface area (Å²) in [6.07, 6.45) is 1.81. The number of aromatic carboxylic acids is 1. The van der Waals surface area contributed by atoms with E-state index in [0.717, 1.165) is 0 Å². The van der Waals surface area contributed by atoms with Gasteiger partial charge in [0.25, 0.3) is 0 Å². The Hall–Kier alpha value is -2.37. The first kappa shape index (κ1) is 11.1. The molecular weight excluding hydrogens is 220 g/mol. The van der Waals surface area contributed by atoms with Crippen LogP contribution in [0.15, 0.2) is 24.4 Å². The van der Waals surface area contributed by atoms with Gasteiger partial charge in [-0.1, -0.05) is 0 Å². The number of nitrogens with one attached hydrogen (secondary N) is 1. The van der Waals surface area contributed by atoms with Gasteiger partial charge < -0.3 is 10.4 Å². The number of rotatable bonds is 3. The van der Waals surface area contributed by atoms with Gasteiger partial charge in [0.2, 0.25) is 0 Å². The fourth-order valence-corrected chi connectivity index (χ4v) is 1.47. The first-order chi connectivity index (χ1) is 8.06. The number of pyridine rings is 1. The molecule has 0 saturated carbocycles. The first-order valence-electron chi connectivity index (χ1n) is 5.04. The van der Waals surface area contributed by atoms with E-state index in [4.69, 9.17) is 5.11 Å². The van der Waals surface area contributed by atoms with Crippen LogP contribution in [0.1, 0.15) is 16.1 Å². The second kappa shape index (κ2) is 4.25. The normalized spacial score (nSPS) is 10.2. The van der Waals surface area contributed by atoms with Crippen molar-refractivity contribution in [2.24, 2.45) is 7.05 Å². The maximum atomic E-state index is 10.8. The van der Waals surface area contributed by atoms with Crippen LogP contribution in [0.5, 0.6) is 0 Å². The zero-order valence-electron chi connectivity index (χ0n) is 9.51. The second-order valence-electron chi connectivity index (χ2n) is 3.63. The van der Waals surface area contributed by atoms with Crippen molar-refractivity contribution in [2.75, 3.05) is 5.32 Å². The summed E-state index contributed by atoms with van der Waals surface area (Å²) in [5, 5.41) is 16.0. The molecule has 17 heavy (non-hydrogen) atoms. The molecule has 0 aromatic carbocycles. The van der Waals surface area contributed by atoms with Crippen molar-refractivity contribution in [3.8, 4) is 0 Å². The van der Waals surface area contributed by atoms with Crippen LogP contribution in [-0.2, 0) is 7.05 Å². The minimum Gasteiger partial charge on any atom is -0.478 e. The summed E-state index contributed by atoms with van der Waals surface area (Å²) >= 11 is 0. The molecule has 0 bridgehead atoms. The monoisotopic (exact) mass is 232 g/mol. The molecule has 2 aromatic heterocycles. The largest absolute Gasteiger partial charge is 0.478 e. The highest BCUT2D eigenvalue weighted by Crippen LogP contribution is 2.14. The van der Waals surface area contributed by atoms with Gasteiger partial charge in [0.15, 0.2) is 5.82 Å². The minimum atomic E-state index is -0.973. The third kappa shape index (κ3) is 2.41. The third-order valence-corrected chi connectivity index (χ3v) is 2.29. The van der Waals surface area contributed by atoms with Gasteiger partial charge in [0.05, 0.1) is 11.3 Å². The highest BCUT2D eigenvalue weighted by Gasteiger charge is 2.08. The molecule has 88 valence electrons. The van der Waals surface area contributed by atoms with Crippen molar-refractivity contribution in [3.63, 3.8) is 0 Å². The molecule has 6 heteroatoms. The fraction of sp³-hybridized carbons (Fsp3) is 0.182. The molecule has 0 aliphatic heterocycles. The Kier molecular flexibility index (Phi) is 2.78. The molecule has 2 rings (SSSR count). The van der Waals surface area contributed by atoms with Crippen molar-refractivity contribution in [3.05, 3.63) is 35.7 Å². The molecule has 0 saturated heterocycles. The maximum Gasteiger partial charge on any atom is 0.337 e. The van der Waals surface area contributed by atoms with E-state index in [1.165, 1.54) is 6.07 Å². The summed E-state index contributed by atoms with van der Waals surface area (Å²) < 4.78 is 1.67. The zero-order chi connectivity index (χ0) is 12.4. The lowest BCUT2D eigenvalue weighted by atomic mass is 10.2. The Bertz CT molecular complexity index is 562. The molecule has 2 heterocycles. The van der Waals surface area contributed by atoms with E-state index in [9.17, 15) is 4.79 Å². The van der Waals surface area contributed by atoms with Crippen molar-refractivity contribution in [1.82, 2.24) is 14.8 Å². The van der Waals surface area contributed by atoms with Crippen molar-refractivity contribution >= 4 is 17.6 Å². The summed E-state index contributed by atoms with van der Waals surface area (Å²) in [6, 6.07) is 4.95. The van der Waals surface area contributed by atoms with E-state index in [0.29, 0.717) is 17.3 Å². The Balaban J connectivity index is 2.23. The van der Waals surface area contributed by atoms with Gasteiger partial charge in [-0.2, -0.15) is 5.10 Å². The molecule has 0 aliphatic carbocycles. The fourth-order valence-electron chi connectivity index (χ4n) is 1.47. The Morgan fingerprint density at radius 3 is 2.65 bits per heavy atom. The summed E-state index contributed by atoms with van der Waals surface area (Å²) in [4.78, 5) is 15.0. The number of hydrogen-bond acceptors (Lipinski definition) is 4. The zero-order valence-corrected chi connectivity index (χ0v) is 9.51. The van der Waals surface area contributed by atoms with E-state index in [1.807, 2.05) is 13.1 Å². The van der Waals surface area contributed by atoms with Crippen LogP contribution < -0.4 is 5.32 Å². The van der Waals surface area contributed by atoms with Crippen LogP contribution >= 0.6 is 0 Å². The lowest BCUT2D eigenvalue weighted by Gasteiger charge is -2.05. The van der Waals surface area contributed by atoms with Crippen molar-refractivity contribution in [1.29, 1.82) is 0 Å². The van der Waals surface area contributed by atoms with E-state index in [-0.39, 0.29) is 5.56 Å². The number of carbonyl (C=O) groups is 1. The molecule has 2 N–H and O–H groups in total. The average molecular weight is 232 g/mol. The molecule has 6 nitrogen and oxygen atoms in total. The topological polar surface area (TPSA) is 80.0 Å². The molecule has 0 unspecified atom stereocenters. The Labute approximate surface area is 97.9 Å². The quantitative estimate of drug-likeness (QED) is 0.839. The molecule has 0 spiro atoms. The smallest absolute Gasteiger partial charge is 0.337 e. The lowest BCUT2D eigenvalue weighted by Crippen LogP contribution is -2.04. The van der Waals surface area contributed by atoms with Crippen LogP contribution in [0.25, 0.3) is 0 Å². The van der Waals surface area contributed by atoms with Crippen molar-refractivity contribution < 1.29 is 9.90 Å². The minimum absolute atomic E-state index is 0.205. The Morgan fingerprint density at radius 2 is 2.12 bits per heavy atom. The van der Waals surface area contributed by atoms with E-state index < -0.39 is 5.97 Å². The molecular formula is C11H12N4O2. The van der Waals surface area contributed by atoms with Gasteiger partial charge in [0.1, 0.15) is 5.82 Å². The number of carboxylic acids is 1. The summed E-state index contributed by atoms with van der Waals surface area (Å²) in [5.74, 6) is 0.271. The molecule has 0 amide bonds. The maximum absolute atomic E-state index is 10.8. The highest BCUT2D eigenvalue weighted by molar-refractivity contribution is 5.89. The van der Waals surface area contributed by atoms with Gasteiger partial charge in [-0.3, -0.25) is 4.68 Å². The SMILES string of the molecule is Cc1nc(Nc2ccn(C)n2)ccc1C(=O)O. The summed E-state index contributed by atoms with van der Waals surface area (Å²) in [5.41, 5.74) is 0.676. The lowest BCUT2D eigenvalue weighted by molar-refractivity contribution is 0.0695. The highest BCUT2D eigenvalue weighted by atomic mass is 16.4. The van der Waals surface area contributed by atoms with Crippen molar-refractivity contribution in [2.45, 2.75) is 6.92 Å². The van der Waals surface area contributed by atoms with Crippen LogP contribution in [0.3, 0.4) is 0 Å². The van der Waals surface area contributed by atoms with Gasteiger partial charge in [-0.25, -0.2) is 9.78 Å². The van der Waals surface area contributed by atoms with Gasteiger partial charge in [-0.15, -0.1) is 0 Å². The molecule has 2 aromatic rings. The van der Waals surface area contributed by atoms with E-state index >= 15 is 0 Å².